The van der Waals surface area contributed by atoms with Gasteiger partial charge in [0.25, 0.3) is 0 Å². The monoisotopic (exact) mass is 213 g/mol. The van der Waals surface area contributed by atoms with E-state index in [1.54, 1.807) is 7.11 Å². The average molecular weight is 213 g/mol. The van der Waals surface area contributed by atoms with Crippen LogP contribution in [0.1, 0.15) is 25.7 Å². The van der Waals surface area contributed by atoms with Gasteiger partial charge in [-0.05, 0) is 37.5 Å². The maximum absolute atomic E-state index is 5.44. The molecule has 0 atom stereocenters. The van der Waals surface area contributed by atoms with Crippen LogP contribution in [0.15, 0.2) is 0 Å². The van der Waals surface area contributed by atoms with E-state index in [0.717, 1.165) is 37.6 Å². The topological polar surface area (TPSA) is 30.5 Å². The molecule has 88 valence electrons. The van der Waals surface area contributed by atoms with Crippen LogP contribution in [-0.2, 0) is 9.47 Å². The molecule has 0 amide bonds. The van der Waals surface area contributed by atoms with Gasteiger partial charge in [0, 0.05) is 19.7 Å². The number of hydrogen-bond acceptors (Lipinski definition) is 3. The summed E-state index contributed by atoms with van der Waals surface area (Å²) in [7, 11) is 1.71. The molecule has 2 aliphatic carbocycles. The number of rotatable bonds is 9. The average Bonchev–Trinajstić information content (AvgIpc) is 3.09. The first-order chi connectivity index (χ1) is 7.42. The third-order valence-electron chi connectivity index (χ3n) is 3.32. The first kappa shape index (κ1) is 11.4. The Bertz CT molecular complexity index is 166. The smallest absolute Gasteiger partial charge is 0.0700 e. The van der Waals surface area contributed by atoms with Crippen LogP contribution >= 0.6 is 0 Å². The molecule has 0 heterocycles. The van der Waals surface area contributed by atoms with E-state index in [9.17, 15) is 0 Å². The van der Waals surface area contributed by atoms with Gasteiger partial charge in [-0.15, -0.1) is 0 Å². The summed E-state index contributed by atoms with van der Waals surface area (Å²) in [5.41, 5.74) is 0. The number of nitrogens with one attached hydrogen (secondary N) is 1. The van der Waals surface area contributed by atoms with E-state index < -0.39 is 0 Å². The molecule has 0 radical (unpaired) electrons. The maximum atomic E-state index is 5.44. The van der Waals surface area contributed by atoms with Crippen LogP contribution in [0.5, 0.6) is 0 Å². The number of methoxy groups -OCH3 is 1. The van der Waals surface area contributed by atoms with Gasteiger partial charge in [0.2, 0.25) is 0 Å². The standard InChI is InChI=1S/C12H23NO2/c1-14-8-9-15-7-6-13-12(10-2-3-10)11-4-5-11/h10-13H,2-9H2,1H3. The van der Waals surface area contributed by atoms with Crippen molar-refractivity contribution >= 4 is 0 Å². The first-order valence-electron chi connectivity index (χ1n) is 6.22. The van der Waals surface area contributed by atoms with Crippen LogP contribution in [0.2, 0.25) is 0 Å². The molecular formula is C12H23NO2. The van der Waals surface area contributed by atoms with Gasteiger partial charge in [-0.25, -0.2) is 0 Å². The SMILES string of the molecule is COCCOCCNC(C1CC1)C1CC1. The van der Waals surface area contributed by atoms with Crippen LogP contribution < -0.4 is 5.32 Å². The second-order valence-electron chi connectivity index (χ2n) is 4.76. The van der Waals surface area contributed by atoms with Gasteiger partial charge in [0.05, 0.1) is 19.8 Å². The van der Waals surface area contributed by atoms with Gasteiger partial charge in [-0.1, -0.05) is 0 Å². The van der Waals surface area contributed by atoms with Crippen molar-refractivity contribution in [3.05, 3.63) is 0 Å². The van der Waals surface area contributed by atoms with Gasteiger partial charge < -0.3 is 14.8 Å². The lowest BCUT2D eigenvalue weighted by atomic mass is 10.1. The highest BCUT2D eigenvalue weighted by atomic mass is 16.5. The van der Waals surface area contributed by atoms with Crippen molar-refractivity contribution in [2.75, 3.05) is 33.5 Å². The highest BCUT2D eigenvalue weighted by Gasteiger charge is 2.40. The molecule has 2 saturated carbocycles. The zero-order valence-electron chi connectivity index (χ0n) is 9.71. The highest BCUT2D eigenvalue weighted by molar-refractivity contribution is 4.96. The Labute approximate surface area is 92.5 Å². The molecule has 0 aromatic heterocycles. The minimum Gasteiger partial charge on any atom is -0.382 e. The fourth-order valence-corrected chi connectivity index (χ4v) is 2.17. The van der Waals surface area contributed by atoms with E-state index in [0.29, 0.717) is 6.61 Å². The normalized spacial score (nSPS) is 21.2. The predicted molar refractivity (Wildman–Crippen MR) is 59.9 cm³/mol. The largest absolute Gasteiger partial charge is 0.382 e. The maximum Gasteiger partial charge on any atom is 0.0700 e. The van der Waals surface area contributed by atoms with E-state index in [1.165, 1.54) is 25.7 Å². The fourth-order valence-electron chi connectivity index (χ4n) is 2.17. The van der Waals surface area contributed by atoms with E-state index in [1.807, 2.05) is 0 Å². The molecule has 3 heteroatoms. The molecule has 15 heavy (non-hydrogen) atoms. The van der Waals surface area contributed by atoms with Crippen LogP contribution in [0.3, 0.4) is 0 Å². The Morgan fingerprint density at radius 3 is 2.27 bits per heavy atom. The lowest BCUT2D eigenvalue weighted by Gasteiger charge is -2.17. The van der Waals surface area contributed by atoms with Crippen molar-refractivity contribution < 1.29 is 9.47 Å². The molecule has 1 N–H and O–H groups in total. The van der Waals surface area contributed by atoms with Crippen molar-refractivity contribution in [1.29, 1.82) is 0 Å². The lowest BCUT2D eigenvalue weighted by Crippen LogP contribution is -2.35. The van der Waals surface area contributed by atoms with Crippen molar-refractivity contribution in [2.45, 2.75) is 31.7 Å². The van der Waals surface area contributed by atoms with E-state index >= 15 is 0 Å². The van der Waals surface area contributed by atoms with Crippen molar-refractivity contribution in [1.82, 2.24) is 5.32 Å². The third-order valence-corrected chi connectivity index (χ3v) is 3.32. The van der Waals surface area contributed by atoms with Gasteiger partial charge in [0.1, 0.15) is 0 Å². The molecule has 3 nitrogen and oxygen atoms in total. The molecular weight excluding hydrogens is 190 g/mol. The molecule has 0 unspecified atom stereocenters. The Morgan fingerprint density at radius 1 is 1.07 bits per heavy atom. The van der Waals surface area contributed by atoms with E-state index in [2.05, 4.69) is 5.32 Å². The minimum atomic E-state index is 0.703. The quantitative estimate of drug-likeness (QED) is 0.588. The first-order valence-corrected chi connectivity index (χ1v) is 6.22. The van der Waals surface area contributed by atoms with Crippen molar-refractivity contribution in [3.63, 3.8) is 0 Å². The Kier molecular flexibility index (Phi) is 4.42. The summed E-state index contributed by atoms with van der Waals surface area (Å²) in [4.78, 5) is 0. The molecule has 2 aliphatic rings. The summed E-state index contributed by atoms with van der Waals surface area (Å²) in [6.45, 7) is 3.24. The summed E-state index contributed by atoms with van der Waals surface area (Å²) < 4.78 is 10.4. The molecule has 0 bridgehead atoms. The Balaban J connectivity index is 1.48. The van der Waals surface area contributed by atoms with Gasteiger partial charge in [-0.3, -0.25) is 0 Å². The van der Waals surface area contributed by atoms with Crippen molar-refractivity contribution in [3.8, 4) is 0 Å². The van der Waals surface area contributed by atoms with Crippen LogP contribution in [-0.4, -0.2) is 39.5 Å². The Hall–Kier alpha value is -0.120. The minimum absolute atomic E-state index is 0.703. The summed E-state index contributed by atoms with van der Waals surface area (Å²) in [6.07, 6.45) is 5.77. The van der Waals surface area contributed by atoms with Crippen molar-refractivity contribution in [2.24, 2.45) is 11.8 Å². The molecule has 2 rings (SSSR count). The third kappa shape index (κ3) is 4.09. The highest BCUT2D eigenvalue weighted by Crippen LogP contribution is 2.44. The second kappa shape index (κ2) is 5.83. The second-order valence-corrected chi connectivity index (χ2v) is 4.76. The molecule has 2 fully saturated rings. The van der Waals surface area contributed by atoms with Gasteiger partial charge in [-0.2, -0.15) is 0 Å². The zero-order valence-corrected chi connectivity index (χ0v) is 9.71. The summed E-state index contributed by atoms with van der Waals surface area (Å²) in [6, 6.07) is 0.802. The summed E-state index contributed by atoms with van der Waals surface area (Å²) >= 11 is 0. The summed E-state index contributed by atoms with van der Waals surface area (Å²) in [5.74, 6) is 1.97. The molecule has 0 aromatic carbocycles. The number of hydrogen-bond donors (Lipinski definition) is 1. The lowest BCUT2D eigenvalue weighted by molar-refractivity contribution is 0.0704. The molecule has 0 spiro atoms. The van der Waals surface area contributed by atoms with Gasteiger partial charge >= 0.3 is 0 Å². The Morgan fingerprint density at radius 2 is 1.73 bits per heavy atom. The molecule has 0 saturated heterocycles. The van der Waals surface area contributed by atoms with E-state index in [4.69, 9.17) is 9.47 Å². The van der Waals surface area contributed by atoms with Crippen LogP contribution in [0.25, 0.3) is 0 Å². The zero-order chi connectivity index (χ0) is 10.5. The van der Waals surface area contributed by atoms with Crippen LogP contribution in [0.4, 0.5) is 0 Å². The van der Waals surface area contributed by atoms with Gasteiger partial charge in [0.15, 0.2) is 0 Å². The molecule has 0 aromatic rings. The molecule has 0 aliphatic heterocycles. The fraction of sp³-hybridized carbons (Fsp3) is 1.00. The summed E-state index contributed by atoms with van der Waals surface area (Å²) in [5, 5.41) is 3.65. The number of ether oxygens (including phenoxy) is 2. The van der Waals surface area contributed by atoms with E-state index in [-0.39, 0.29) is 0 Å². The van der Waals surface area contributed by atoms with Crippen LogP contribution in [0, 0.1) is 11.8 Å². The predicted octanol–water partition coefficient (Wildman–Crippen LogP) is 1.43.